The van der Waals surface area contributed by atoms with Crippen LogP contribution in [-0.4, -0.2) is 38.0 Å². The van der Waals surface area contributed by atoms with Crippen molar-refractivity contribution in [2.45, 2.75) is 12.1 Å². The molecule has 1 heterocycles. The summed E-state index contributed by atoms with van der Waals surface area (Å²) in [6.07, 6.45) is 0. The zero-order chi connectivity index (χ0) is 26.2. The van der Waals surface area contributed by atoms with Gasteiger partial charge >= 0.3 is 0 Å². The fourth-order valence-corrected chi connectivity index (χ4v) is 4.15. The number of non-ortho nitro benzene ring substituents is 1. The highest BCUT2D eigenvalue weighted by molar-refractivity contribution is 7.99. The van der Waals surface area contributed by atoms with Gasteiger partial charge in [0.2, 0.25) is 5.91 Å². The first kappa shape index (κ1) is 25.5. The summed E-state index contributed by atoms with van der Waals surface area (Å²) in [6.45, 7) is 6.36. The Labute approximate surface area is 217 Å². The average molecular weight is 517 g/mol. The van der Waals surface area contributed by atoms with E-state index in [2.05, 4.69) is 27.6 Å². The Hall–Kier alpha value is -4.64. The van der Waals surface area contributed by atoms with E-state index in [1.807, 2.05) is 66.1 Å². The number of benzene rings is 3. The van der Waals surface area contributed by atoms with Crippen molar-refractivity contribution in [3.05, 3.63) is 101 Å². The first-order valence-corrected chi connectivity index (χ1v) is 12.3. The van der Waals surface area contributed by atoms with Crippen molar-refractivity contribution in [3.63, 3.8) is 0 Å². The number of ether oxygens (including phenoxy) is 1. The molecule has 0 saturated carbocycles. The minimum Gasteiger partial charge on any atom is -0.494 e. The van der Waals surface area contributed by atoms with E-state index in [4.69, 9.17) is 4.74 Å². The highest BCUT2D eigenvalue weighted by atomic mass is 32.2. The monoisotopic (exact) mass is 516 g/mol. The predicted octanol–water partition coefficient (Wildman–Crippen LogP) is 4.63. The Kier molecular flexibility index (Phi) is 8.16. The fourth-order valence-electron chi connectivity index (χ4n) is 3.40. The lowest BCUT2D eigenvalue weighted by Crippen LogP contribution is -2.37. The molecule has 0 fully saturated rings. The molecule has 1 aromatic heterocycles. The highest BCUT2D eigenvalue weighted by Gasteiger charge is 2.17. The molecule has 0 atom stereocenters. The largest absolute Gasteiger partial charge is 0.494 e. The summed E-state index contributed by atoms with van der Waals surface area (Å²) in [5.74, 6) is 1.16. The quantitative estimate of drug-likeness (QED) is 0.168. The van der Waals surface area contributed by atoms with E-state index >= 15 is 0 Å². The third kappa shape index (κ3) is 6.33. The summed E-state index contributed by atoms with van der Waals surface area (Å²) in [6, 6.07) is 23.1. The zero-order valence-electron chi connectivity index (χ0n) is 20.0. The Morgan fingerprint density at radius 1 is 1.03 bits per heavy atom. The number of hydrogen-bond donors (Lipinski definition) is 2. The highest BCUT2D eigenvalue weighted by Crippen LogP contribution is 2.29. The van der Waals surface area contributed by atoms with Gasteiger partial charge in [0, 0.05) is 23.4 Å². The Morgan fingerprint density at radius 3 is 2.38 bits per heavy atom. The van der Waals surface area contributed by atoms with Crippen molar-refractivity contribution >= 4 is 29.1 Å². The van der Waals surface area contributed by atoms with Crippen molar-refractivity contribution in [3.8, 4) is 22.8 Å². The number of amides is 1. The molecule has 0 aliphatic carbocycles. The van der Waals surface area contributed by atoms with E-state index in [0.29, 0.717) is 28.8 Å². The summed E-state index contributed by atoms with van der Waals surface area (Å²) in [5.41, 5.74) is 8.05. The second kappa shape index (κ2) is 11.9. The molecule has 0 aliphatic heterocycles. The number of rotatable bonds is 11. The van der Waals surface area contributed by atoms with Crippen LogP contribution in [0.25, 0.3) is 22.8 Å². The van der Waals surface area contributed by atoms with E-state index in [9.17, 15) is 14.9 Å². The first-order valence-electron chi connectivity index (χ1n) is 11.3. The van der Waals surface area contributed by atoms with Gasteiger partial charge in [0.15, 0.2) is 11.0 Å². The molecule has 188 valence electrons. The number of nitrogens with one attached hydrogen (secondary N) is 2. The van der Waals surface area contributed by atoms with E-state index in [1.54, 1.807) is 12.1 Å². The fraction of sp³-hybridized carbons (Fsp3) is 0.115. The number of nitro groups is 1. The smallest absolute Gasteiger partial charge is 0.269 e. The standard InChI is InChI=1S/C26H24N6O4S/c1-3-36-23-15-13-21(14-16-23)31-25(20-7-5-4-6-8-20)29-30-26(31)37-17-24(33)28-27-18(2)19-9-11-22(12-10-19)32(34)35/h4-16,27H,2-3,17H2,1H3,(H,28,33). The summed E-state index contributed by atoms with van der Waals surface area (Å²) in [5, 5.41) is 20.1. The van der Waals surface area contributed by atoms with Crippen molar-refractivity contribution in [2.24, 2.45) is 0 Å². The van der Waals surface area contributed by atoms with Gasteiger partial charge in [-0.05, 0) is 48.9 Å². The molecule has 37 heavy (non-hydrogen) atoms. The lowest BCUT2D eigenvalue weighted by molar-refractivity contribution is -0.384. The molecule has 0 bridgehead atoms. The van der Waals surface area contributed by atoms with Gasteiger partial charge in [-0.1, -0.05) is 48.7 Å². The van der Waals surface area contributed by atoms with Crippen molar-refractivity contribution in [2.75, 3.05) is 12.4 Å². The molecule has 0 radical (unpaired) electrons. The minimum absolute atomic E-state index is 0.0245. The zero-order valence-corrected chi connectivity index (χ0v) is 20.8. The molecule has 11 heteroatoms. The van der Waals surface area contributed by atoms with Crippen molar-refractivity contribution in [1.29, 1.82) is 0 Å². The van der Waals surface area contributed by atoms with E-state index in [-0.39, 0.29) is 17.3 Å². The Morgan fingerprint density at radius 2 is 1.73 bits per heavy atom. The number of aromatic nitrogens is 3. The van der Waals surface area contributed by atoms with Crippen LogP contribution in [0.4, 0.5) is 5.69 Å². The van der Waals surface area contributed by atoms with Crippen LogP contribution in [0.5, 0.6) is 5.75 Å². The first-order chi connectivity index (χ1) is 18.0. The van der Waals surface area contributed by atoms with Gasteiger partial charge in [-0.15, -0.1) is 10.2 Å². The molecule has 2 N–H and O–H groups in total. The maximum absolute atomic E-state index is 12.5. The normalized spacial score (nSPS) is 10.5. The van der Waals surface area contributed by atoms with Gasteiger partial charge in [0.25, 0.3) is 5.69 Å². The van der Waals surface area contributed by atoms with Crippen LogP contribution in [0, 0.1) is 10.1 Å². The topological polar surface area (TPSA) is 124 Å². The molecule has 1 amide bonds. The number of carbonyl (C=O) groups excluding carboxylic acids is 1. The maximum Gasteiger partial charge on any atom is 0.269 e. The van der Waals surface area contributed by atoms with Gasteiger partial charge in [-0.25, -0.2) is 0 Å². The predicted molar refractivity (Wildman–Crippen MR) is 142 cm³/mol. The molecular formula is C26H24N6O4S. The molecule has 4 aromatic rings. The lowest BCUT2D eigenvalue weighted by atomic mass is 10.1. The van der Waals surface area contributed by atoms with Crippen LogP contribution in [0.1, 0.15) is 12.5 Å². The molecule has 0 aliphatic rings. The maximum atomic E-state index is 12.5. The minimum atomic E-state index is -0.478. The summed E-state index contributed by atoms with van der Waals surface area (Å²) in [4.78, 5) is 22.9. The third-order valence-electron chi connectivity index (χ3n) is 5.18. The van der Waals surface area contributed by atoms with E-state index in [1.165, 1.54) is 23.9 Å². The number of thioether (sulfide) groups is 1. The van der Waals surface area contributed by atoms with Gasteiger partial charge in [0.1, 0.15) is 5.75 Å². The Balaban J connectivity index is 1.45. The summed E-state index contributed by atoms with van der Waals surface area (Å²) >= 11 is 1.23. The van der Waals surface area contributed by atoms with Crippen LogP contribution in [-0.2, 0) is 4.79 Å². The second-order valence-electron chi connectivity index (χ2n) is 7.68. The summed E-state index contributed by atoms with van der Waals surface area (Å²) in [7, 11) is 0. The van der Waals surface area contributed by atoms with Crippen molar-refractivity contribution < 1.29 is 14.5 Å². The molecule has 10 nitrogen and oxygen atoms in total. The SMILES string of the molecule is C=C(NNC(=O)CSc1nnc(-c2ccccc2)n1-c1ccc(OCC)cc1)c1ccc([N+](=O)[O-])cc1. The number of hydrazine groups is 1. The van der Waals surface area contributed by atoms with Crippen LogP contribution in [0.3, 0.4) is 0 Å². The van der Waals surface area contributed by atoms with Crippen LogP contribution in [0.15, 0.2) is 90.6 Å². The van der Waals surface area contributed by atoms with Crippen LogP contribution in [0.2, 0.25) is 0 Å². The number of carbonyl (C=O) groups is 1. The third-order valence-corrected chi connectivity index (χ3v) is 6.11. The average Bonchev–Trinajstić information content (AvgIpc) is 3.35. The number of nitro benzene ring substituents is 1. The van der Waals surface area contributed by atoms with E-state index in [0.717, 1.165) is 17.0 Å². The van der Waals surface area contributed by atoms with Gasteiger partial charge in [0.05, 0.1) is 23.0 Å². The molecule has 0 spiro atoms. The van der Waals surface area contributed by atoms with Crippen LogP contribution < -0.4 is 15.6 Å². The summed E-state index contributed by atoms with van der Waals surface area (Å²) < 4.78 is 7.45. The molecule has 4 rings (SSSR count). The number of hydrogen-bond acceptors (Lipinski definition) is 8. The van der Waals surface area contributed by atoms with Gasteiger partial charge < -0.3 is 4.74 Å². The Bertz CT molecular complexity index is 1390. The molecule has 0 unspecified atom stereocenters. The second-order valence-corrected chi connectivity index (χ2v) is 8.62. The van der Waals surface area contributed by atoms with Crippen LogP contribution >= 0.6 is 11.8 Å². The van der Waals surface area contributed by atoms with Gasteiger partial charge in [-0.3, -0.25) is 30.3 Å². The van der Waals surface area contributed by atoms with Crippen molar-refractivity contribution in [1.82, 2.24) is 25.6 Å². The van der Waals surface area contributed by atoms with Gasteiger partial charge in [-0.2, -0.15) is 0 Å². The molecule has 3 aromatic carbocycles. The molecular weight excluding hydrogens is 492 g/mol. The lowest BCUT2D eigenvalue weighted by Gasteiger charge is -2.13. The molecule has 0 saturated heterocycles. The van der Waals surface area contributed by atoms with E-state index < -0.39 is 4.92 Å². The number of nitrogens with zero attached hydrogens (tertiary/aromatic N) is 4.